The minimum absolute atomic E-state index is 0. The van der Waals surface area contributed by atoms with E-state index >= 15 is 0 Å². The SMILES string of the molecule is CCn1c(-c2nonc2N)nc2c(C#CC(C)(C)O)ncc(OCCCN3CCCCC3)c21.Cl.Cl. The monoisotopic (exact) mass is 525 g/mol. The van der Waals surface area contributed by atoms with Crippen molar-refractivity contribution >= 4 is 41.7 Å². The van der Waals surface area contributed by atoms with E-state index in [0.717, 1.165) is 18.5 Å². The molecule has 1 aliphatic heterocycles. The molecule has 0 atom stereocenters. The number of aryl methyl sites for hydroxylation is 1. The summed E-state index contributed by atoms with van der Waals surface area (Å²) in [6.07, 6.45) is 6.47. The van der Waals surface area contributed by atoms with E-state index < -0.39 is 5.60 Å². The van der Waals surface area contributed by atoms with E-state index in [4.69, 9.17) is 20.1 Å². The molecule has 12 heteroatoms. The van der Waals surface area contributed by atoms with Gasteiger partial charge in [0.25, 0.3) is 0 Å². The number of fused-ring (bicyclic) bond motifs is 1. The Balaban J connectivity index is 0.00000216. The highest BCUT2D eigenvalue weighted by atomic mass is 35.5. The van der Waals surface area contributed by atoms with Gasteiger partial charge >= 0.3 is 0 Å². The van der Waals surface area contributed by atoms with Gasteiger partial charge in [-0.15, -0.1) is 24.8 Å². The molecule has 0 amide bonds. The number of aromatic nitrogens is 5. The lowest BCUT2D eigenvalue weighted by Gasteiger charge is -2.26. The molecule has 1 saturated heterocycles. The van der Waals surface area contributed by atoms with Gasteiger partial charge < -0.3 is 25.0 Å². The molecule has 0 bridgehead atoms. The van der Waals surface area contributed by atoms with Crippen molar-refractivity contribution in [3.05, 3.63) is 11.9 Å². The van der Waals surface area contributed by atoms with Gasteiger partial charge in [0, 0.05) is 13.1 Å². The maximum atomic E-state index is 10.0. The fraction of sp³-hybridized carbons (Fsp3) is 0.565. The number of imidazole rings is 1. The van der Waals surface area contributed by atoms with Crippen LogP contribution in [-0.2, 0) is 6.54 Å². The van der Waals surface area contributed by atoms with Crippen molar-refractivity contribution in [1.29, 1.82) is 0 Å². The third-order valence-electron chi connectivity index (χ3n) is 5.59. The number of aliphatic hydroxyl groups is 1. The van der Waals surface area contributed by atoms with E-state index in [1.807, 2.05) is 11.5 Å². The Morgan fingerprint density at radius 1 is 1.20 bits per heavy atom. The first-order valence-electron chi connectivity index (χ1n) is 11.5. The highest BCUT2D eigenvalue weighted by Crippen LogP contribution is 2.33. The van der Waals surface area contributed by atoms with Gasteiger partial charge in [-0.05, 0) is 69.4 Å². The van der Waals surface area contributed by atoms with Crippen molar-refractivity contribution in [3.8, 4) is 29.1 Å². The second-order valence-corrected chi connectivity index (χ2v) is 8.76. The fourth-order valence-corrected chi connectivity index (χ4v) is 4.02. The second kappa shape index (κ2) is 12.4. The number of hydrogen-bond donors (Lipinski definition) is 2. The van der Waals surface area contributed by atoms with Crippen LogP contribution in [-0.4, -0.2) is 66.7 Å². The number of ether oxygens (including phenoxy) is 1. The summed E-state index contributed by atoms with van der Waals surface area (Å²) in [4.78, 5) is 11.7. The lowest BCUT2D eigenvalue weighted by atomic mass is 10.1. The van der Waals surface area contributed by atoms with E-state index in [0.29, 0.717) is 41.6 Å². The van der Waals surface area contributed by atoms with Crippen LogP contribution in [0, 0.1) is 11.8 Å². The largest absolute Gasteiger partial charge is 0.490 e. The zero-order valence-electron chi connectivity index (χ0n) is 20.3. The quantitative estimate of drug-likeness (QED) is 0.352. The van der Waals surface area contributed by atoms with Crippen LogP contribution in [0.2, 0.25) is 0 Å². The van der Waals surface area contributed by atoms with E-state index in [2.05, 4.69) is 32.0 Å². The standard InChI is InChI=1S/C23H31N7O3.2ClH/c1-4-30-20-17(32-14-8-13-29-11-6-5-7-12-29)15-25-16(9-10-23(2,3)31)18(20)26-22(30)19-21(24)28-33-27-19;;/h15,31H,4-8,11-14H2,1-3H3,(H2,24,28);2*1H. The Labute approximate surface area is 217 Å². The van der Waals surface area contributed by atoms with E-state index in [1.54, 1.807) is 20.0 Å². The van der Waals surface area contributed by atoms with Crippen LogP contribution in [0.15, 0.2) is 10.8 Å². The molecule has 3 aromatic rings. The molecule has 1 fully saturated rings. The van der Waals surface area contributed by atoms with Crippen LogP contribution in [0.25, 0.3) is 22.6 Å². The van der Waals surface area contributed by atoms with Crippen LogP contribution in [0.5, 0.6) is 5.75 Å². The molecular weight excluding hydrogens is 493 g/mol. The van der Waals surface area contributed by atoms with Crippen LogP contribution >= 0.6 is 24.8 Å². The van der Waals surface area contributed by atoms with Gasteiger partial charge in [-0.2, -0.15) is 0 Å². The van der Waals surface area contributed by atoms with E-state index in [9.17, 15) is 5.11 Å². The molecule has 0 saturated carbocycles. The van der Waals surface area contributed by atoms with Gasteiger partial charge in [-0.25, -0.2) is 14.6 Å². The summed E-state index contributed by atoms with van der Waals surface area (Å²) < 4.78 is 12.9. The number of anilines is 1. The highest BCUT2D eigenvalue weighted by Gasteiger charge is 2.23. The van der Waals surface area contributed by atoms with Crippen molar-refractivity contribution in [2.45, 2.75) is 58.6 Å². The van der Waals surface area contributed by atoms with Crippen LogP contribution in [0.3, 0.4) is 0 Å². The number of piperidine rings is 1. The molecule has 0 unspecified atom stereocenters. The molecule has 0 aromatic carbocycles. The molecule has 192 valence electrons. The molecule has 3 N–H and O–H groups in total. The average molecular weight is 526 g/mol. The lowest BCUT2D eigenvalue weighted by molar-refractivity contribution is 0.143. The molecule has 10 nitrogen and oxygen atoms in total. The number of hydrogen-bond acceptors (Lipinski definition) is 9. The first-order chi connectivity index (χ1) is 15.9. The third kappa shape index (κ3) is 6.76. The Hall–Kier alpha value is -2.58. The van der Waals surface area contributed by atoms with Gasteiger partial charge in [-0.3, -0.25) is 0 Å². The normalized spacial score (nSPS) is 14.1. The molecule has 4 rings (SSSR count). The Morgan fingerprint density at radius 2 is 1.94 bits per heavy atom. The van der Waals surface area contributed by atoms with Gasteiger partial charge in [0.1, 0.15) is 22.3 Å². The molecular formula is C23H33Cl2N7O3. The maximum absolute atomic E-state index is 10.0. The van der Waals surface area contributed by atoms with Crippen molar-refractivity contribution in [2.75, 3.05) is 32.0 Å². The lowest BCUT2D eigenvalue weighted by Crippen LogP contribution is -2.31. The summed E-state index contributed by atoms with van der Waals surface area (Å²) >= 11 is 0. The summed E-state index contributed by atoms with van der Waals surface area (Å²) in [6, 6.07) is 0. The van der Waals surface area contributed by atoms with Crippen molar-refractivity contribution < 1.29 is 14.5 Å². The van der Waals surface area contributed by atoms with Gasteiger partial charge in [0.2, 0.25) is 0 Å². The Morgan fingerprint density at radius 3 is 2.57 bits per heavy atom. The summed E-state index contributed by atoms with van der Waals surface area (Å²) in [5.74, 6) is 7.03. The molecule has 35 heavy (non-hydrogen) atoms. The van der Waals surface area contributed by atoms with Crippen LogP contribution in [0.1, 0.15) is 52.1 Å². The zero-order valence-corrected chi connectivity index (χ0v) is 21.9. The van der Waals surface area contributed by atoms with Crippen molar-refractivity contribution in [2.24, 2.45) is 0 Å². The third-order valence-corrected chi connectivity index (χ3v) is 5.59. The number of nitrogens with two attached hydrogens (primary N) is 1. The number of nitrogens with zero attached hydrogens (tertiary/aromatic N) is 6. The van der Waals surface area contributed by atoms with Crippen molar-refractivity contribution in [3.63, 3.8) is 0 Å². The molecule has 4 heterocycles. The Bertz CT molecular complexity index is 1170. The first kappa shape index (κ1) is 28.7. The summed E-state index contributed by atoms with van der Waals surface area (Å²) in [5, 5.41) is 17.7. The molecule has 0 spiro atoms. The first-order valence-corrected chi connectivity index (χ1v) is 11.5. The second-order valence-electron chi connectivity index (χ2n) is 8.76. The predicted octanol–water partition coefficient (Wildman–Crippen LogP) is 3.30. The fourth-order valence-electron chi connectivity index (χ4n) is 4.02. The van der Waals surface area contributed by atoms with E-state index in [1.165, 1.54) is 32.4 Å². The number of halogens is 2. The Kier molecular flexibility index (Phi) is 10.2. The highest BCUT2D eigenvalue weighted by molar-refractivity contribution is 5.89. The summed E-state index contributed by atoms with van der Waals surface area (Å²) in [7, 11) is 0. The smallest absolute Gasteiger partial charge is 0.199 e. The van der Waals surface area contributed by atoms with Crippen LogP contribution in [0.4, 0.5) is 5.82 Å². The van der Waals surface area contributed by atoms with Gasteiger partial charge in [0.05, 0.1) is 12.8 Å². The number of likely N-dealkylation sites (tertiary alicyclic amines) is 1. The topological polar surface area (TPSA) is 128 Å². The van der Waals surface area contributed by atoms with Gasteiger partial charge in [-0.1, -0.05) is 12.3 Å². The predicted molar refractivity (Wildman–Crippen MR) is 139 cm³/mol. The molecule has 0 radical (unpaired) electrons. The zero-order chi connectivity index (χ0) is 23.4. The molecule has 3 aromatic heterocycles. The number of pyridine rings is 1. The molecule has 1 aliphatic rings. The summed E-state index contributed by atoms with van der Waals surface area (Å²) in [6.45, 7) is 9.75. The summed E-state index contributed by atoms with van der Waals surface area (Å²) in [5.41, 5.74) is 6.89. The maximum Gasteiger partial charge on any atom is 0.199 e. The van der Waals surface area contributed by atoms with Crippen LogP contribution < -0.4 is 10.5 Å². The molecule has 0 aliphatic carbocycles. The van der Waals surface area contributed by atoms with Crippen molar-refractivity contribution in [1.82, 2.24) is 29.7 Å². The minimum Gasteiger partial charge on any atom is -0.490 e. The van der Waals surface area contributed by atoms with E-state index in [-0.39, 0.29) is 30.6 Å². The average Bonchev–Trinajstić information content (AvgIpc) is 3.39. The van der Waals surface area contributed by atoms with Gasteiger partial charge in [0.15, 0.2) is 23.1 Å². The minimum atomic E-state index is -1.16. The number of rotatable bonds is 7. The number of nitrogen functional groups attached to an aromatic ring is 1.